The topological polar surface area (TPSA) is 34.5 Å². The van der Waals surface area contributed by atoms with Crippen molar-refractivity contribution >= 4 is 17.2 Å². The van der Waals surface area contributed by atoms with Crippen LogP contribution < -0.4 is 4.84 Å². The van der Waals surface area contributed by atoms with E-state index in [1.807, 2.05) is 29.6 Å². The first-order chi connectivity index (χ1) is 7.43. The molecule has 4 heteroatoms. The van der Waals surface area contributed by atoms with Crippen molar-refractivity contribution in [3.63, 3.8) is 0 Å². The van der Waals surface area contributed by atoms with Crippen LogP contribution in [0.2, 0.25) is 0 Å². The summed E-state index contributed by atoms with van der Waals surface area (Å²) in [5, 5.41) is 6.02. The van der Waals surface area contributed by atoms with Crippen molar-refractivity contribution in [3.05, 3.63) is 47.0 Å². The van der Waals surface area contributed by atoms with Crippen LogP contribution in [-0.4, -0.2) is 10.1 Å². The Balaban J connectivity index is 1.96. The Labute approximate surface area is 91.2 Å². The van der Waals surface area contributed by atoms with E-state index in [-0.39, 0.29) is 0 Å². The van der Waals surface area contributed by atoms with Gasteiger partial charge in [0.1, 0.15) is 11.4 Å². The third-order valence-electron chi connectivity index (χ3n) is 2.32. The van der Waals surface area contributed by atoms with Gasteiger partial charge >= 0.3 is 0 Å². The summed E-state index contributed by atoms with van der Waals surface area (Å²) in [5.74, 6) is 0.844. The van der Waals surface area contributed by atoms with Gasteiger partial charge in [0.2, 0.25) is 0 Å². The molecule has 0 unspecified atom stereocenters. The molecule has 74 valence electrons. The van der Waals surface area contributed by atoms with Gasteiger partial charge < -0.3 is 4.84 Å². The van der Waals surface area contributed by atoms with Crippen molar-refractivity contribution in [1.29, 1.82) is 0 Å². The van der Waals surface area contributed by atoms with Crippen LogP contribution in [0.1, 0.15) is 11.3 Å². The molecule has 3 nitrogen and oxygen atoms in total. The Morgan fingerprint density at radius 3 is 3.00 bits per heavy atom. The lowest BCUT2D eigenvalue weighted by atomic mass is 10.0. The van der Waals surface area contributed by atoms with Crippen LogP contribution in [0.3, 0.4) is 0 Å². The lowest BCUT2D eigenvalue weighted by Gasteiger charge is -2.13. The molecule has 0 saturated heterocycles. The summed E-state index contributed by atoms with van der Waals surface area (Å²) in [7, 11) is 0. The highest BCUT2D eigenvalue weighted by molar-refractivity contribution is 7.03. The Morgan fingerprint density at radius 1 is 1.20 bits per heavy atom. The van der Waals surface area contributed by atoms with E-state index in [1.54, 1.807) is 0 Å². The zero-order valence-electron chi connectivity index (χ0n) is 7.88. The molecule has 3 rings (SSSR count). The molecule has 1 aromatic heterocycles. The van der Waals surface area contributed by atoms with Gasteiger partial charge in [-0.15, -0.1) is 0 Å². The maximum absolute atomic E-state index is 5.31. The van der Waals surface area contributed by atoms with E-state index >= 15 is 0 Å². The summed E-state index contributed by atoms with van der Waals surface area (Å²) in [6, 6.07) is 9.89. The molecule has 15 heavy (non-hydrogen) atoms. The number of fused-ring (bicyclic) bond motifs is 1. The summed E-state index contributed by atoms with van der Waals surface area (Å²) >= 11 is 1.43. The van der Waals surface area contributed by atoms with E-state index in [0.29, 0.717) is 0 Å². The van der Waals surface area contributed by atoms with E-state index in [1.165, 1.54) is 11.5 Å². The monoisotopic (exact) mass is 216 g/mol. The number of oxime groups is 1. The van der Waals surface area contributed by atoms with Crippen LogP contribution in [0.4, 0.5) is 0 Å². The maximum atomic E-state index is 5.31. The van der Waals surface area contributed by atoms with Crippen LogP contribution in [0.25, 0.3) is 0 Å². The Kier molecular flexibility index (Phi) is 1.99. The fourth-order valence-corrected chi connectivity index (χ4v) is 2.09. The van der Waals surface area contributed by atoms with E-state index in [2.05, 4.69) is 15.6 Å². The number of hydrogen-bond acceptors (Lipinski definition) is 4. The van der Waals surface area contributed by atoms with Gasteiger partial charge in [-0.2, -0.15) is 4.37 Å². The summed E-state index contributed by atoms with van der Waals surface area (Å²) < 4.78 is 4.24. The molecule has 0 fully saturated rings. The molecule has 1 aliphatic rings. The highest BCUT2D eigenvalue weighted by Crippen LogP contribution is 2.24. The average molecular weight is 216 g/mol. The van der Waals surface area contributed by atoms with E-state index in [0.717, 1.165) is 29.1 Å². The second-order valence-electron chi connectivity index (χ2n) is 3.30. The molecule has 0 saturated carbocycles. The van der Waals surface area contributed by atoms with Crippen molar-refractivity contribution in [2.24, 2.45) is 5.16 Å². The van der Waals surface area contributed by atoms with Gasteiger partial charge in [0, 0.05) is 17.4 Å². The number of aromatic nitrogens is 1. The molecule has 0 bridgehead atoms. The Bertz CT molecular complexity index is 505. The minimum absolute atomic E-state index is 0.792. The van der Waals surface area contributed by atoms with Crippen LogP contribution in [0.5, 0.6) is 5.75 Å². The van der Waals surface area contributed by atoms with Gasteiger partial charge in [0.05, 0.1) is 0 Å². The highest BCUT2D eigenvalue weighted by atomic mass is 32.1. The van der Waals surface area contributed by atoms with Gasteiger partial charge in [-0.3, -0.25) is 0 Å². The number of benzene rings is 1. The first kappa shape index (κ1) is 8.61. The third kappa shape index (κ3) is 1.53. The molecule has 0 aliphatic carbocycles. The van der Waals surface area contributed by atoms with Crippen molar-refractivity contribution in [2.45, 2.75) is 6.42 Å². The number of hydrogen-bond donors (Lipinski definition) is 0. The largest absolute Gasteiger partial charge is 0.356 e. The molecular weight excluding hydrogens is 208 g/mol. The average Bonchev–Trinajstić information content (AvgIpc) is 2.82. The van der Waals surface area contributed by atoms with Crippen LogP contribution >= 0.6 is 11.5 Å². The minimum atomic E-state index is 0.792. The standard InChI is InChI=1S/C11H8N2OS/c1-2-4-11-8(3-1)7-10(12-14-11)9-5-6-15-13-9/h1-6H,7H2. The second kappa shape index (κ2) is 3.47. The van der Waals surface area contributed by atoms with E-state index in [9.17, 15) is 0 Å². The smallest absolute Gasteiger partial charge is 0.161 e. The SMILES string of the molecule is c1ccc2c(c1)CC(c1ccsn1)=NO2. The molecule has 1 aromatic carbocycles. The first-order valence-corrected chi connectivity index (χ1v) is 5.50. The lowest BCUT2D eigenvalue weighted by Crippen LogP contribution is -2.12. The number of para-hydroxylation sites is 1. The first-order valence-electron chi connectivity index (χ1n) is 4.66. The fourth-order valence-electron chi connectivity index (χ4n) is 1.55. The van der Waals surface area contributed by atoms with Crippen LogP contribution in [0, 0.1) is 0 Å². The van der Waals surface area contributed by atoms with Crippen molar-refractivity contribution in [3.8, 4) is 5.75 Å². The molecule has 0 spiro atoms. The fraction of sp³-hybridized carbons (Fsp3) is 0.0909. The highest BCUT2D eigenvalue weighted by Gasteiger charge is 2.16. The molecule has 0 N–H and O–H groups in total. The predicted octanol–water partition coefficient (Wildman–Crippen LogP) is 2.48. The zero-order valence-corrected chi connectivity index (χ0v) is 8.70. The van der Waals surface area contributed by atoms with Crippen LogP contribution in [-0.2, 0) is 6.42 Å². The van der Waals surface area contributed by atoms with Crippen molar-refractivity contribution in [1.82, 2.24) is 4.37 Å². The molecule has 1 aliphatic heterocycles. The van der Waals surface area contributed by atoms with Crippen molar-refractivity contribution < 1.29 is 4.84 Å². The van der Waals surface area contributed by atoms with E-state index in [4.69, 9.17) is 4.84 Å². The molecule has 0 atom stereocenters. The lowest BCUT2D eigenvalue weighted by molar-refractivity contribution is 0.331. The zero-order chi connectivity index (χ0) is 10.1. The molecule has 0 amide bonds. The Hall–Kier alpha value is -1.68. The van der Waals surface area contributed by atoms with Gasteiger partial charge in [0.25, 0.3) is 0 Å². The number of nitrogens with zero attached hydrogens (tertiary/aromatic N) is 2. The summed E-state index contributed by atoms with van der Waals surface area (Å²) in [6.45, 7) is 0. The molecule has 0 radical (unpaired) electrons. The maximum Gasteiger partial charge on any atom is 0.161 e. The molecular formula is C11H8N2OS. The van der Waals surface area contributed by atoms with Gasteiger partial charge in [-0.1, -0.05) is 23.4 Å². The number of rotatable bonds is 1. The molecule has 2 aromatic rings. The summed E-state index contributed by atoms with van der Waals surface area (Å²) in [6.07, 6.45) is 0.792. The quantitative estimate of drug-likeness (QED) is 0.734. The van der Waals surface area contributed by atoms with Crippen molar-refractivity contribution in [2.75, 3.05) is 0 Å². The second-order valence-corrected chi connectivity index (χ2v) is 3.96. The summed E-state index contributed by atoms with van der Waals surface area (Å²) in [5.41, 5.74) is 2.97. The normalized spacial score (nSPS) is 14.0. The predicted molar refractivity (Wildman–Crippen MR) is 59.4 cm³/mol. The third-order valence-corrected chi connectivity index (χ3v) is 2.88. The Morgan fingerprint density at radius 2 is 2.13 bits per heavy atom. The van der Waals surface area contributed by atoms with Crippen LogP contribution in [0.15, 0.2) is 40.9 Å². The van der Waals surface area contributed by atoms with E-state index < -0.39 is 0 Å². The van der Waals surface area contributed by atoms with Gasteiger partial charge in [-0.25, -0.2) is 0 Å². The van der Waals surface area contributed by atoms with Gasteiger partial charge in [-0.05, 0) is 23.7 Å². The summed E-state index contributed by atoms with van der Waals surface area (Å²) in [4.78, 5) is 5.31. The van der Waals surface area contributed by atoms with Gasteiger partial charge in [0.15, 0.2) is 5.75 Å². The molecule has 2 heterocycles. The minimum Gasteiger partial charge on any atom is -0.356 e.